The van der Waals surface area contributed by atoms with Crippen LogP contribution in [0.15, 0.2) is 48.0 Å². The number of aryl methyl sites for hydroxylation is 1. The summed E-state index contributed by atoms with van der Waals surface area (Å²) < 4.78 is 10.9. The lowest BCUT2D eigenvalue weighted by Crippen LogP contribution is -2.32. The van der Waals surface area contributed by atoms with Crippen molar-refractivity contribution in [2.75, 3.05) is 26.9 Å². The van der Waals surface area contributed by atoms with Gasteiger partial charge in [-0.3, -0.25) is 19.7 Å². The van der Waals surface area contributed by atoms with E-state index in [1.54, 1.807) is 18.2 Å². The second-order valence-corrected chi connectivity index (χ2v) is 8.52. The third kappa shape index (κ3) is 5.09. The summed E-state index contributed by atoms with van der Waals surface area (Å²) >= 11 is 0. The SMILES string of the molecule is COCCN1C(=O)C(=O)C(=C(O)c2ccc(OCC(C)C)c(C)c2)[C@H]1c1ccc([N+](=O)[O-])cc1. The third-order valence-corrected chi connectivity index (χ3v) is 5.52. The van der Waals surface area contributed by atoms with Gasteiger partial charge in [0.15, 0.2) is 0 Å². The fraction of sp³-hybridized carbons (Fsp3) is 0.360. The van der Waals surface area contributed by atoms with Gasteiger partial charge in [-0.15, -0.1) is 0 Å². The minimum atomic E-state index is -0.909. The molecule has 34 heavy (non-hydrogen) atoms. The Morgan fingerprint density at radius 1 is 1.18 bits per heavy atom. The van der Waals surface area contributed by atoms with Gasteiger partial charge in [0.25, 0.3) is 17.4 Å². The van der Waals surface area contributed by atoms with Gasteiger partial charge in [0.2, 0.25) is 0 Å². The highest BCUT2D eigenvalue weighted by atomic mass is 16.6. The summed E-state index contributed by atoms with van der Waals surface area (Å²) in [4.78, 5) is 37.7. The predicted molar refractivity (Wildman–Crippen MR) is 125 cm³/mol. The van der Waals surface area contributed by atoms with Crippen LogP contribution in [0.25, 0.3) is 5.76 Å². The van der Waals surface area contributed by atoms with Gasteiger partial charge in [-0.1, -0.05) is 13.8 Å². The van der Waals surface area contributed by atoms with E-state index >= 15 is 0 Å². The molecular weight excluding hydrogens is 440 g/mol. The third-order valence-electron chi connectivity index (χ3n) is 5.52. The molecule has 0 bridgehead atoms. The number of carbonyl (C=O) groups is 2. The van der Waals surface area contributed by atoms with E-state index < -0.39 is 22.7 Å². The zero-order valence-electron chi connectivity index (χ0n) is 19.6. The molecule has 0 aromatic heterocycles. The van der Waals surface area contributed by atoms with E-state index in [2.05, 4.69) is 0 Å². The van der Waals surface area contributed by atoms with Crippen molar-refractivity contribution >= 4 is 23.1 Å². The van der Waals surface area contributed by atoms with Crippen molar-refractivity contribution in [2.24, 2.45) is 5.92 Å². The molecule has 9 nitrogen and oxygen atoms in total. The first-order valence-corrected chi connectivity index (χ1v) is 10.9. The molecule has 1 aliphatic heterocycles. The van der Waals surface area contributed by atoms with Gasteiger partial charge in [-0.25, -0.2) is 0 Å². The van der Waals surface area contributed by atoms with Crippen molar-refractivity contribution in [1.82, 2.24) is 4.90 Å². The van der Waals surface area contributed by atoms with Gasteiger partial charge >= 0.3 is 0 Å². The zero-order valence-corrected chi connectivity index (χ0v) is 19.6. The number of carbonyl (C=O) groups excluding carboxylic acids is 2. The molecular formula is C25H28N2O7. The Morgan fingerprint density at radius 2 is 1.85 bits per heavy atom. The molecule has 1 fully saturated rings. The maximum Gasteiger partial charge on any atom is 0.295 e. The summed E-state index contributed by atoms with van der Waals surface area (Å²) in [6.07, 6.45) is 0. The molecule has 0 unspecified atom stereocenters. The number of nitrogens with zero attached hydrogens (tertiary/aromatic N) is 2. The number of amides is 1. The minimum absolute atomic E-state index is 0.0785. The van der Waals surface area contributed by atoms with Crippen molar-refractivity contribution < 1.29 is 29.1 Å². The Bertz CT molecular complexity index is 1120. The molecule has 1 aliphatic rings. The Balaban J connectivity index is 2.08. The minimum Gasteiger partial charge on any atom is -0.507 e. The summed E-state index contributed by atoms with van der Waals surface area (Å²) in [5.74, 6) is -0.902. The van der Waals surface area contributed by atoms with Crippen LogP contribution in [0.3, 0.4) is 0 Å². The van der Waals surface area contributed by atoms with E-state index in [-0.39, 0.29) is 30.2 Å². The molecule has 1 atom stereocenters. The number of non-ortho nitro benzene ring substituents is 1. The number of hydrogen-bond acceptors (Lipinski definition) is 7. The van der Waals surface area contributed by atoms with Gasteiger partial charge in [-0.2, -0.15) is 0 Å². The van der Waals surface area contributed by atoms with E-state index in [1.807, 2.05) is 20.8 Å². The number of likely N-dealkylation sites (tertiary alicyclic amines) is 1. The Morgan fingerprint density at radius 3 is 2.41 bits per heavy atom. The number of aliphatic hydroxyl groups excluding tert-OH is 1. The Kier molecular flexibility index (Phi) is 7.68. The summed E-state index contributed by atoms with van der Waals surface area (Å²) in [6, 6.07) is 9.70. The lowest BCUT2D eigenvalue weighted by molar-refractivity contribution is -0.384. The number of nitro benzene ring substituents is 1. The smallest absolute Gasteiger partial charge is 0.295 e. The van der Waals surface area contributed by atoms with Crippen molar-refractivity contribution in [1.29, 1.82) is 0 Å². The number of ether oxygens (including phenoxy) is 2. The van der Waals surface area contributed by atoms with Crippen molar-refractivity contribution in [3.63, 3.8) is 0 Å². The predicted octanol–water partition coefficient (Wildman–Crippen LogP) is 4.01. The first-order chi connectivity index (χ1) is 16.1. The molecule has 2 aromatic rings. The van der Waals surface area contributed by atoms with Gasteiger partial charge in [0, 0.05) is 31.4 Å². The van der Waals surface area contributed by atoms with E-state index in [1.165, 1.54) is 36.3 Å². The number of nitro groups is 1. The molecule has 1 amide bonds. The molecule has 1 saturated heterocycles. The molecule has 9 heteroatoms. The van der Waals surface area contributed by atoms with Crippen LogP contribution in [0.1, 0.15) is 36.6 Å². The van der Waals surface area contributed by atoms with Gasteiger partial charge < -0.3 is 19.5 Å². The topological polar surface area (TPSA) is 119 Å². The van der Waals surface area contributed by atoms with Crippen LogP contribution in [0.4, 0.5) is 5.69 Å². The van der Waals surface area contributed by atoms with Gasteiger partial charge in [-0.05, 0) is 54.3 Å². The second-order valence-electron chi connectivity index (χ2n) is 8.52. The standard InChI is InChI=1S/C25H28N2O7/c1-15(2)14-34-20-10-7-18(13-16(20)3)23(28)21-22(17-5-8-19(9-6-17)27(31)32)26(11-12-33-4)25(30)24(21)29/h5-10,13,15,22,28H,11-12,14H2,1-4H3/t22-/m1/s1. The van der Waals surface area contributed by atoms with E-state index in [4.69, 9.17) is 9.47 Å². The molecule has 180 valence electrons. The lowest BCUT2D eigenvalue weighted by atomic mass is 9.94. The van der Waals surface area contributed by atoms with Crippen LogP contribution in [0, 0.1) is 23.0 Å². The highest BCUT2D eigenvalue weighted by Gasteiger charge is 2.46. The average Bonchev–Trinajstić information content (AvgIpc) is 3.06. The fourth-order valence-electron chi connectivity index (χ4n) is 3.80. The van der Waals surface area contributed by atoms with Crippen molar-refractivity contribution in [3.05, 3.63) is 74.8 Å². The number of rotatable bonds is 9. The Labute approximate surface area is 197 Å². The highest BCUT2D eigenvalue weighted by molar-refractivity contribution is 6.46. The first-order valence-electron chi connectivity index (χ1n) is 10.9. The zero-order chi connectivity index (χ0) is 25.0. The van der Waals surface area contributed by atoms with Crippen LogP contribution < -0.4 is 4.74 Å². The van der Waals surface area contributed by atoms with Gasteiger partial charge in [0.05, 0.1) is 29.8 Å². The molecule has 2 aromatic carbocycles. The number of aliphatic hydroxyl groups is 1. The Hall–Kier alpha value is -3.72. The van der Waals surface area contributed by atoms with E-state index in [0.717, 1.165) is 5.56 Å². The normalized spacial score (nSPS) is 17.4. The monoisotopic (exact) mass is 468 g/mol. The quantitative estimate of drug-likeness (QED) is 0.194. The molecule has 1 heterocycles. The summed E-state index contributed by atoms with van der Waals surface area (Å²) in [5.41, 5.74) is 1.41. The molecule has 0 aliphatic carbocycles. The molecule has 1 N–H and O–H groups in total. The molecule has 3 rings (SSSR count). The number of methoxy groups -OCH3 is 1. The largest absolute Gasteiger partial charge is 0.507 e. The van der Waals surface area contributed by atoms with Crippen LogP contribution in [-0.4, -0.2) is 53.5 Å². The lowest BCUT2D eigenvalue weighted by Gasteiger charge is -2.25. The van der Waals surface area contributed by atoms with Gasteiger partial charge in [0.1, 0.15) is 11.5 Å². The maximum atomic E-state index is 13.0. The van der Waals surface area contributed by atoms with E-state index in [9.17, 15) is 24.8 Å². The number of hydrogen-bond donors (Lipinski definition) is 1. The molecule has 0 radical (unpaired) electrons. The summed E-state index contributed by atoms with van der Waals surface area (Å²) in [5, 5.41) is 22.2. The molecule has 0 spiro atoms. The second kappa shape index (κ2) is 10.5. The summed E-state index contributed by atoms with van der Waals surface area (Å²) in [7, 11) is 1.48. The number of ketones is 1. The highest BCUT2D eigenvalue weighted by Crippen LogP contribution is 2.40. The van der Waals surface area contributed by atoms with Crippen LogP contribution in [0.5, 0.6) is 5.75 Å². The van der Waals surface area contributed by atoms with Crippen LogP contribution in [-0.2, 0) is 14.3 Å². The van der Waals surface area contributed by atoms with E-state index in [0.29, 0.717) is 29.4 Å². The van der Waals surface area contributed by atoms with Crippen LogP contribution in [0.2, 0.25) is 0 Å². The maximum absolute atomic E-state index is 13.0. The first kappa shape index (κ1) is 24.9. The van der Waals surface area contributed by atoms with Crippen LogP contribution >= 0.6 is 0 Å². The summed E-state index contributed by atoms with van der Waals surface area (Å²) in [6.45, 7) is 6.74. The number of Topliss-reactive ketones (excluding diaryl/α,β-unsaturated/α-hetero) is 1. The van der Waals surface area contributed by atoms with Crippen molar-refractivity contribution in [3.8, 4) is 5.75 Å². The molecule has 0 saturated carbocycles. The van der Waals surface area contributed by atoms with Crippen molar-refractivity contribution in [2.45, 2.75) is 26.8 Å². The average molecular weight is 469 g/mol. The fourth-order valence-corrected chi connectivity index (χ4v) is 3.80. The number of benzene rings is 2.